The standard InChI is InChI=1S/C15H19F3N2O3/c16-15(17,18)9-11-2-1-3-12(8-11)20-13(21)19-10-14(22)4-6-23-7-5-14/h1-3,8,22H,4-7,9-10H2,(H2,19,20,21). The largest absolute Gasteiger partial charge is 0.393 e. The zero-order valence-electron chi connectivity index (χ0n) is 12.4. The second kappa shape index (κ2) is 7.18. The lowest BCUT2D eigenvalue weighted by atomic mass is 9.94. The van der Waals surface area contributed by atoms with Crippen LogP contribution in [-0.4, -0.2) is 42.7 Å². The topological polar surface area (TPSA) is 70.6 Å². The number of alkyl halides is 3. The molecule has 0 unspecified atom stereocenters. The molecule has 0 atom stereocenters. The summed E-state index contributed by atoms with van der Waals surface area (Å²) in [6.45, 7) is 0.920. The van der Waals surface area contributed by atoms with E-state index in [1.807, 2.05) is 0 Å². The van der Waals surface area contributed by atoms with Gasteiger partial charge in [-0.25, -0.2) is 4.79 Å². The molecule has 1 heterocycles. The van der Waals surface area contributed by atoms with Crippen LogP contribution in [0.4, 0.5) is 23.7 Å². The fourth-order valence-corrected chi connectivity index (χ4v) is 2.34. The number of aliphatic hydroxyl groups is 1. The van der Waals surface area contributed by atoms with E-state index in [4.69, 9.17) is 4.74 Å². The number of anilines is 1. The second-order valence-electron chi connectivity index (χ2n) is 5.64. The Morgan fingerprint density at radius 3 is 2.65 bits per heavy atom. The molecule has 1 aromatic carbocycles. The third-order valence-corrected chi connectivity index (χ3v) is 3.59. The molecule has 128 valence electrons. The molecule has 0 bridgehead atoms. The lowest BCUT2D eigenvalue weighted by Gasteiger charge is -2.32. The maximum absolute atomic E-state index is 12.4. The molecule has 0 saturated carbocycles. The minimum atomic E-state index is -4.30. The molecule has 1 saturated heterocycles. The maximum Gasteiger partial charge on any atom is 0.393 e. The molecule has 23 heavy (non-hydrogen) atoms. The predicted molar refractivity (Wildman–Crippen MR) is 78.2 cm³/mol. The van der Waals surface area contributed by atoms with Crippen LogP contribution in [0.3, 0.4) is 0 Å². The molecule has 2 rings (SSSR count). The summed E-state index contributed by atoms with van der Waals surface area (Å²) in [6, 6.07) is 5.00. The Balaban J connectivity index is 1.86. The van der Waals surface area contributed by atoms with Crippen LogP contribution in [0, 0.1) is 0 Å². The number of halogens is 3. The van der Waals surface area contributed by atoms with Gasteiger partial charge in [-0.2, -0.15) is 13.2 Å². The molecule has 5 nitrogen and oxygen atoms in total. The summed E-state index contributed by atoms with van der Waals surface area (Å²) in [5.74, 6) is 0. The van der Waals surface area contributed by atoms with Gasteiger partial charge in [0.2, 0.25) is 0 Å². The summed E-state index contributed by atoms with van der Waals surface area (Å²) in [5, 5.41) is 15.2. The molecule has 1 fully saturated rings. The van der Waals surface area contributed by atoms with Crippen LogP contribution in [0.25, 0.3) is 0 Å². The van der Waals surface area contributed by atoms with E-state index in [-0.39, 0.29) is 17.8 Å². The van der Waals surface area contributed by atoms with Gasteiger partial charge in [-0.3, -0.25) is 0 Å². The van der Waals surface area contributed by atoms with Crippen molar-refractivity contribution in [2.45, 2.75) is 31.0 Å². The molecule has 0 aromatic heterocycles. The normalized spacial score (nSPS) is 17.6. The molecule has 8 heteroatoms. The highest BCUT2D eigenvalue weighted by molar-refractivity contribution is 5.89. The average molecular weight is 332 g/mol. The molecule has 0 aliphatic carbocycles. The third kappa shape index (κ3) is 6.07. The van der Waals surface area contributed by atoms with Gasteiger partial charge in [0, 0.05) is 38.3 Å². The number of hydrogen-bond acceptors (Lipinski definition) is 3. The van der Waals surface area contributed by atoms with Gasteiger partial charge >= 0.3 is 12.2 Å². The number of ether oxygens (including phenoxy) is 1. The van der Waals surface area contributed by atoms with Crippen molar-refractivity contribution in [3.63, 3.8) is 0 Å². The van der Waals surface area contributed by atoms with Crippen molar-refractivity contribution in [2.75, 3.05) is 25.1 Å². The fraction of sp³-hybridized carbons (Fsp3) is 0.533. The molecule has 3 N–H and O–H groups in total. The number of benzene rings is 1. The molecule has 1 aliphatic rings. The van der Waals surface area contributed by atoms with Gasteiger partial charge in [0.05, 0.1) is 12.0 Å². The second-order valence-corrected chi connectivity index (χ2v) is 5.64. The monoisotopic (exact) mass is 332 g/mol. The molecular weight excluding hydrogens is 313 g/mol. The number of carbonyl (C=O) groups is 1. The summed E-state index contributed by atoms with van der Waals surface area (Å²) < 4.78 is 42.2. The molecule has 0 spiro atoms. The summed E-state index contributed by atoms with van der Waals surface area (Å²) in [4.78, 5) is 11.8. The highest BCUT2D eigenvalue weighted by Crippen LogP contribution is 2.23. The summed E-state index contributed by atoms with van der Waals surface area (Å²) in [6.07, 6.45) is -4.50. The quantitative estimate of drug-likeness (QED) is 0.793. The summed E-state index contributed by atoms with van der Waals surface area (Å²) in [7, 11) is 0. The van der Waals surface area contributed by atoms with Crippen molar-refractivity contribution in [3.05, 3.63) is 29.8 Å². The highest BCUT2D eigenvalue weighted by atomic mass is 19.4. The van der Waals surface area contributed by atoms with Gasteiger partial charge in [0.15, 0.2) is 0 Å². The third-order valence-electron chi connectivity index (χ3n) is 3.59. The van der Waals surface area contributed by atoms with Crippen LogP contribution in [0.5, 0.6) is 0 Å². The SMILES string of the molecule is O=C(NCC1(O)CCOCC1)Nc1cccc(CC(F)(F)F)c1. The van der Waals surface area contributed by atoms with Gasteiger partial charge in [-0.15, -0.1) is 0 Å². The zero-order chi connectivity index (χ0) is 16.9. The van der Waals surface area contributed by atoms with Crippen molar-refractivity contribution in [1.29, 1.82) is 0 Å². The van der Waals surface area contributed by atoms with Gasteiger partial charge in [-0.05, 0) is 17.7 Å². The first-order chi connectivity index (χ1) is 10.8. The first-order valence-electron chi connectivity index (χ1n) is 7.26. The molecular formula is C15H19F3N2O3. The lowest BCUT2D eigenvalue weighted by molar-refractivity contribution is -0.127. The highest BCUT2D eigenvalue weighted by Gasteiger charge is 2.30. The van der Waals surface area contributed by atoms with Crippen LogP contribution in [0.15, 0.2) is 24.3 Å². The fourth-order valence-electron chi connectivity index (χ4n) is 2.34. The van der Waals surface area contributed by atoms with Crippen LogP contribution in [0.2, 0.25) is 0 Å². The minimum Gasteiger partial charge on any atom is -0.388 e. The van der Waals surface area contributed by atoms with E-state index < -0.39 is 24.2 Å². The maximum atomic E-state index is 12.4. The van der Waals surface area contributed by atoms with E-state index in [2.05, 4.69) is 10.6 Å². The number of nitrogens with one attached hydrogen (secondary N) is 2. The van der Waals surface area contributed by atoms with E-state index >= 15 is 0 Å². The number of carbonyl (C=O) groups excluding carboxylic acids is 1. The van der Waals surface area contributed by atoms with Crippen LogP contribution in [0.1, 0.15) is 18.4 Å². The van der Waals surface area contributed by atoms with E-state index in [0.29, 0.717) is 26.1 Å². The summed E-state index contributed by atoms with van der Waals surface area (Å²) in [5.41, 5.74) is -0.671. The summed E-state index contributed by atoms with van der Waals surface area (Å²) >= 11 is 0. The van der Waals surface area contributed by atoms with Crippen molar-refractivity contribution >= 4 is 11.7 Å². The lowest BCUT2D eigenvalue weighted by Crippen LogP contribution is -2.47. The van der Waals surface area contributed by atoms with E-state index in [1.165, 1.54) is 24.3 Å². The molecule has 2 amide bonds. The number of amides is 2. The Labute approximate surface area is 131 Å². The number of hydrogen-bond donors (Lipinski definition) is 3. The van der Waals surface area contributed by atoms with Crippen molar-refractivity contribution < 1.29 is 27.8 Å². The van der Waals surface area contributed by atoms with Crippen molar-refractivity contribution in [2.24, 2.45) is 0 Å². The first-order valence-corrected chi connectivity index (χ1v) is 7.26. The van der Waals surface area contributed by atoms with E-state index in [9.17, 15) is 23.1 Å². The average Bonchev–Trinajstić information content (AvgIpc) is 2.45. The Hall–Kier alpha value is -1.80. The van der Waals surface area contributed by atoms with Gasteiger partial charge in [-0.1, -0.05) is 12.1 Å². The van der Waals surface area contributed by atoms with Gasteiger partial charge in [0.25, 0.3) is 0 Å². The van der Waals surface area contributed by atoms with E-state index in [1.54, 1.807) is 0 Å². The van der Waals surface area contributed by atoms with Crippen LogP contribution >= 0.6 is 0 Å². The molecule has 0 radical (unpaired) electrons. The van der Waals surface area contributed by atoms with Crippen LogP contribution in [-0.2, 0) is 11.2 Å². The first kappa shape index (κ1) is 17.6. The Kier molecular flexibility index (Phi) is 5.48. The van der Waals surface area contributed by atoms with Gasteiger partial charge in [0.1, 0.15) is 0 Å². The number of urea groups is 1. The Morgan fingerprint density at radius 1 is 1.30 bits per heavy atom. The number of rotatable bonds is 4. The smallest absolute Gasteiger partial charge is 0.388 e. The predicted octanol–water partition coefficient (Wildman–Crippen LogP) is 2.45. The van der Waals surface area contributed by atoms with Crippen molar-refractivity contribution in [1.82, 2.24) is 5.32 Å². The van der Waals surface area contributed by atoms with Gasteiger partial charge < -0.3 is 20.5 Å². The van der Waals surface area contributed by atoms with Crippen LogP contribution < -0.4 is 10.6 Å². The Bertz CT molecular complexity index is 543. The molecule has 1 aliphatic heterocycles. The zero-order valence-corrected chi connectivity index (χ0v) is 12.4. The van der Waals surface area contributed by atoms with Crippen molar-refractivity contribution in [3.8, 4) is 0 Å². The van der Waals surface area contributed by atoms with E-state index in [0.717, 1.165) is 0 Å². The molecule has 1 aromatic rings. The minimum absolute atomic E-state index is 0.0600. The Morgan fingerprint density at radius 2 is 2.00 bits per heavy atom.